The third-order valence-electron chi connectivity index (χ3n) is 2.30. The summed E-state index contributed by atoms with van der Waals surface area (Å²) in [4.78, 5) is 11.6. The molecule has 0 atom stereocenters. The van der Waals surface area contributed by atoms with Crippen LogP contribution in [-0.4, -0.2) is 5.97 Å². The van der Waals surface area contributed by atoms with E-state index in [9.17, 15) is 9.90 Å². The van der Waals surface area contributed by atoms with Crippen molar-refractivity contribution < 1.29 is 44.2 Å². The number of benzene rings is 2. The molecular formula is C14H11NaO3. The Morgan fingerprint density at radius 2 is 1.61 bits per heavy atom. The van der Waals surface area contributed by atoms with Crippen molar-refractivity contribution in [2.24, 2.45) is 0 Å². The first kappa shape index (κ1) is 14.8. The van der Waals surface area contributed by atoms with Crippen molar-refractivity contribution in [3.63, 3.8) is 0 Å². The molecule has 0 bridgehead atoms. The van der Waals surface area contributed by atoms with Crippen LogP contribution in [0.15, 0.2) is 54.6 Å². The van der Waals surface area contributed by atoms with Crippen molar-refractivity contribution in [2.45, 2.75) is 6.61 Å². The largest absolute Gasteiger partial charge is 1.00 e. The van der Waals surface area contributed by atoms with Crippen LogP contribution in [0.1, 0.15) is 15.9 Å². The Morgan fingerprint density at radius 3 is 2.22 bits per heavy atom. The zero-order valence-corrected chi connectivity index (χ0v) is 12.1. The average molecular weight is 250 g/mol. The molecule has 18 heavy (non-hydrogen) atoms. The van der Waals surface area contributed by atoms with Crippen molar-refractivity contribution >= 4 is 5.97 Å². The van der Waals surface area contributed by atoms with Crippen molar-refractivity contribution in [2.75, 3.05) is 0 Å². The maximum Gasteiger partial charge on any atom is 1.00 e. The van der Waals surface area contributed by atoms with Gasteiger partial charge in [-0.25, -0.2) is 4.79 Å². The molecular weight excluding hydrogens is 239 g/mol. The molecule has 0 aromatic heterocycles. The topological polar surface area (TPSA) is 49.4 Å². The predicted molar refractivity (Wildman–Crippen MR) is 61.4 cm³/mol. The first-order chi connectivity index (χ1) is 8.25. The van der Waals surface area contributed by atoms with E-state index >= 15 is 0 Å². The maximum atomic E-state index is 11.6. The van der Waals surface area contributed by atoms with Gasteiger partial charge in [0.2, 0.25) is 0 Å². The molecule has 2 aromatic carbocycles. The molecule has 0 aliphatic carbocycles. The van der Waals surface area contributed by atoms with E-state index in [0.717, 1.165) is 5.56 Å². The summed E-state index contributed by atoms with van der Waals surface area (Å²) in [6.07, 6.45) is 0. The maximum absolute atomic E-state index is 11.6. The molecule has 0 aliphatic heterocycles. The zero-order chi connectivity index (χ0) is 12.1. The SMILES string of the molecule is O=C(OCc1ccccc1)c1ccc([O-])cc1.[Na+]. The number of hydrogen-bond acceptors (Lipinski definition) is 3. The van der Waals surface area contributed by atoms with Gasteiger partial charge in [0.15, 0.2) is 0 Å². The third-order valence-corrected chi connectivity index (χ3v) is 2.30. The van der Waals surface area contributed by atoms with Gasteiger partial charge in [0.05, 0.1) is 5.56 Å². The Labute approximate surface area is 128 Å². The van der Waals surface area contributed by atoms with E-state index in [2.05, 4.69) is 0 Å². The number of rotatable bonds is 3. The van der Waals surface area contributed by atoms with Gasteiger partial charge in [-0.3, -0.25) is 0 Å². The van der Waals surface area contributed by atoms with Crippen molar-refractivity contribution in [1.29, 1.82) is 0 Å². The molecule has 3 nitrogen and oxygen atoms in total. The molecule has 0 radical (unpaired) electrons. The Balaban J connectivity index is 0.00000162. The van der Waals surface area contributed by atoms with Gasteiger partial charge in [-0.1, -0.05) is 42.5 Å². The van der Waals surface area contributed by atoms with E-state index in [1.165, 1.54) is 24.3 Å². The number of ether oxygens (including phenoxy) is 1. The minimum absolute atomic E-state index is 0. The van der Waals surface area contributed by atoms with E-state index < -0.39 is 5.97 Å². The molecule has 4 heteroatoms. The van der Waals surface area contributed by atoms with Gasteiger partial charge in [-0.15, -0.1) is 5.75 Å². The molecule has 0 amide bonds. The van der Waals surface area contributed by atoms with Gasteiger partial charge in [0.1, 0.15) is 6.61 Å². The second-order valence-electron chi connectivity index (χ2n) is 3.59. The summed E-state index contributed by atoms with van der Waals surface area (Å²) < 4.78 is 5.11. The number of esters is 1. The summed E-state index contributed by atoms with van der Waals surface area (Å²) in [5.74, 6) is -0.543. The van der Waals surface area contributed by atoms with Crippen LogP contribution in [0.2, 0.25) is 0 Å². The molecule has 0 spiro atoms. The monoisotopic (exact) mass is 250 g/mol. The van der Waals surface area contributed by atoms with Crippen molar-refractivity contribution in [3.05, 3.63) is 65.7 Å². The fraction of sp³-hybridized carbons (Fsp3) is 0.0714. The Kier molecular flexibility index (Phi) is 5.92. The van der Waals surface area contributed by atoms with Gasteiger partial charge >= 0.3 is 35.5 Å². The fourth-order valence-electron chi connectivity index (χ4n) is 1.40. The third kappa shape index (κ3) is 4.18. The van der Waals surface area contributed by atoms with Crippen LogP contribution in [0.3, 0.4) is 0 Å². The summed E-state index contributed by atoms with van der Waals surface area (Å²) in [6.45, 7) is 0.235. The summed E-state index contributed by atoms with van der Waals surface area (Å²) >= 11 is 0. The van der Waals surface area contributed by atoms with Gasteiger partial charge in [0, 0.05) is 0 Å². The van der Waals surface area contributed by atoms with E-state index in [1.807, 2.05) is 30.3 Å². The Bertz CT molecular complexity index is 494. The first-order valence-electron chi connectivity index (χ1n) is 5.24. The molecule has 2 rings (SSSR count). The van der Waals surface area contributed by atoms with Crippen molar-refractivity contribution in [3.8, 4) is 5.75 Å². The van der Waals surface area contributed by atoms with Crippen LogP contribution < -0.4 is 34.7 Å². The summed E-state index contributed by atoms with van der Waals surface area (Å²) in [7, 11) is 0. The number of hydrogen-bond donors (Lipinski definition) is 0. The van der Waals surface area contributed by atoms with Crippen LogP contribution >= 0.6 is 0 Å². The normalized spacial score (nSPS) is 9.33. The quantitative estimate of drug-likeness (QED) is 0.525. The van der Waals surface area contributed by atoms with Gasteiger partial charge in [-0.05, 0) is 17.7 Å². The second-order valence-corrected chi connectivity index (χ2v) is 3.59. The summed E-state index contributed by atoms with van der Waals surface area (Å²) in [6, 6.07) is 15.1. The van der Waals surface area contributed by atoms with Crippen LogP contribution in [0.4, 0.5) is 0 Å². The zero-order valence-electron chi connectivity index (χ0n) is 10.1. The smallest absolute Gasteiger partial charge is 0.872 e. The van der Waals surface area contributed by atoms with Gasteiger partial charge in [-0.2, -0.15) is 0 Å². The molecule has 0 saturated heterocycles. The summed E-state index contributed by atoms with van der Waals surface area (Å²) in [5, 5.41) is 10.9. The van der Waals surface area contributed by atoms with Gasteiger partial charge < -0.3 is 9.84 Å². The standard InChI is InChI=1S/C14H12O3.Na/c15-13-8-6-12(7-9-13)14(16)17-10-11-4-2-1-3-5-11;/h1-9,15H,10H2;/q;+1/p-1. The van der Waals surface area contributed by atoms with Crippen LogP contribution in [0.5, 0.6) is 5.75 Å². The molecule has 0 fully saturated rings. The van der Waals surface area contributed by atoms with E-state index in [0.29, 0.717) is 5.56 Å². The van der Waals surface area contributed by atoms with E-state index in [4.69, 9.17) is 4.74 Å². The van der Waals surface area contributed by atoms with E-state index in [-0.39, 0.29) is 41.9 Å². The van der Waals surface area contributed by atoms with Crippen LogP contribution in [0.25, 0.3) is 0 Å². The molecule has 2 aromatic rings. The summed E-state index contributed by atoms with van der Waals surface area (Å²) in [5.41, 5.74) is 1.32. The van der Waals surface area contributed by atoms with E-state index in [1.54, 1.807) is 0 Å². The Hall–Kier alpha value is -1.29. The number of carbonyl (C=O) groups excluding carboxylic acids is 1. The molecule has 0 N–H and O–H groups in total. The minimum atomic E-state index is -0.422. The van der Waals surface area contributed by atoms with Crippen LogP contribution in [-0.2, 0) is 11.3 Å². The molecule has 0 aliphatic rings. The molecule has 86 valence electrons. The second kappa shape index (κ2) is 7.21. The van der Waals surface area contributed by atoms with Crippen molar-refractivity contribution in [1.82, 2.24) is 0 Å². The molecule has 0 unspecified atom stereocenters. The molecule has 0 heterocycles. The van der Waals surface area contributed by atoms with Gasteiger partial charge in [0.25, 0.3) is 0 Å². The first-order valence-corrected chi connectivity index (χ1v) is 5.24. The fourth-order valence-corrected chi connectivity index (χ4v) is 1.40. The minimum Gasteiger partial charge on any atom is -0.872 e. The molecule has 0 saturated carbocycles. The number of carbonyl (C=O) groups is 1. The predicted octanol–water partition coefficient (Wildman–Crippen LogP) is -0.879. The van der Waals surface area contributed by atoms with Crippen LogP contribution in [0, 0.1) is 0 Å². The Morgan fingerprint density at radius 1 is 1.00 bits per heavy atom. The average Bonchev–Trinajstić information content (AvgIpc) is 2.38.